The van der Waals surface area contributed by atoms with Crippen LogP contribution in [0.4, 0.5) is 16.0 Å². The summed E-state index contributed by atoms with van der Waals surface area (Å²) in [6, 6.07) is 7.06. The molecule has 0 unspecified atom stereocenters. The van der Waals surface area contributed by atoms with Gasteiger partial charge in [0.05, 0.1) is 74.2 Å². The number of aliphatic carboxylic acids is 1. The van der Waals surface area contributed by atoms with Crippen molar-refractivity contribution in [3.8, 4) is 17.1 Å². The largest absolute Gasteiger partial charge is 0.496 e. The highest BCUT2D eigenvalue weighted by Crippen LogP contribution is 2.29. The molecule has 1 aliphatic rings. The second-order valence-electron chi connectivity index (χ2n) is 14.8. The second-order valence-corrected chi connectivity index (χ2v) is 17.2. The van der Waals surface area contributed by atoms with E-state index < -0.39 is 75.6 Å². The number of nitrogens with one attached hydrogen (secondary N) is 3. The number of carbonyl (C=O) groups is 5. The minimum Gasteiger partial charge on any atom is -0.496 e. The summed E-state index contributed by atoms with van der Waals surface area (Å²) in [5.74, 6) is -4.69. The molecule has 4 atom stereocenters. The summed E-state index contributed by atoms with van der Waals surface area (Å²) in [6.07, 6.45) is 2.36. The Bertz CT molecular complexity index is 2170. The number of likely N-dealkylation sites (tertiary alicyclic amines) is 1. The zero-order valence-corrected chi connectivity index (χ0v) is 36.6. The van der Waals surface area contributed by atoms with Crippen LogP contribution in [0.15, 0.2) is 53.2 Å². The average molecular weight is 902 g/mol. The molecule has 22 heteroatoms. The normalized spacial score (nSPS) is 15.5. The number of hydrogen-bond donors (Lipinski definition) is 5. The number of halogens is 1. The molecule has 1 fully saturated rings. The molecule has 63 heavy (non-hydrogen) atoms. The third-order valence-corrected chi connectivity index (χ3v) is 10.9. The van der Waals surface area contributed by atoms with E-state index in [2.05, 4.69) is 35.3 Å². The Labute approximate surface area is 365 Å². The van der Waals surface area contributed by atoms with Gasteiger partial charge in [-0.1, -0.05) is 26.0 Å². The number of hydrogen-bond acceptors (Lipinski definition) is 15. The minimum absolute atomic E-state index is 0.00878. The molecule has 2 heterocycles. The summed E-state index contributed by atoms with van der Waals surface area (Å²) in [5.41, 5.74) is 6.89. The number of anilines is 2. The first kappa shape index (κ1) is 50.0. The van der Waals surface area contributed by atoms with Gasteiger partial charge in [-0.2, -0.15) is 9.35 Å². The maximum absolute atomic E-state index is 13.8. The van der Waals surface area contributed by atoms with E-state index in [9.17, 15) is 37.7 Å². The smallest absolute Gasteiger partial charge is 0.305 e. The van der Waals surface area contributed by atoms with E-state index in [1.807, 2.05) is 0 Å². The third-order valence-electron chi connectivity index (χ3n) is 9.44. The third kappa shape index (κ3) is 16.2. The minimum atomic E-state index is -3.21. The van der Waals surface area contributed by atoms with Gasteiger partial charge in [-0.3, -0.25) is 24.0 Å². The first-order chi connectivity index (χ1) is 30.1. The molecule has 0 saturated carbocycles. The first-order valence-corrected chi connectivity index (χ1v) is 22.4. The first-order valence-electron chi connectivity index (χ1n) is 20.3. The van der Waals surface area contributed by atoms with Crippen molar-refractivity contribution in [1.29, 1.82) is 0 Å². The van der Waals surface area contributed by atoms with E-state index >= 15 is 0 Å². The molecule has 0 radical (unpaired) electrons. The molecular formula is C41H56FN9O11S. The van der Waals surface area contributed by atoms with Gasteiger partial charge in [0.1, 0.15) is 36.0 Å². The summed E-state index contributed by atoms with van der Waals surface area (Å²) in [7, 11) is -1.81. The van der Waals surface area contributed by atoms with Crippen LogP contribution in [0.3, 0.4) is 0 Å². The maximum Gasteiger partial charge on any atom is 0.305 e. The van der Waals surface area contributed by atoms with E-state index in [1.165, 1.54) is 42.8 Å². The lowest BCUT2D eigenvalue weighted by molar-refractivity contribution is -0.146. The number of nitrogens with two attached hydrogens (primary N) is 1. The fraction of sp³-hybridized carbons (Fsp3) is 0.512. The zero-order valence-electron chi connectivity index (χ0n) is 35.7. The number of methoxy groups -OCH3 is 1. The highest BCUT2D eigenvalue weighted by atomic mass is 32.2. The monoisotopic (exact) mass is 901 g/mol. The van der Waals surface area contributed by atoms with Crippen LogP contribution in [0.1, 0.15) is 45.1 Å². The number of nitrogens with zero attached hydrogens (tertiary/aromatic N) is 5. The fourth-order valence-electron chi connectivity index (χ4n) is 6.49. The molecule has 3 aromatic rings. The van der Waals surface area contributed by atoms with Crippen molar-refractivity contribution >= 4 is 51.0 Å². The van der Waals surface area contributed by atoms with E-state index in [0.717, 1.165) is 0 Å². The Balaban J connectivity index is 1.35. The van der Waals surface area contributed by atoms with Crippen molar-refractivity contribution in [2.45, 2.75) is 63.4 Å². The van der Waals surface area contributed by atoms with Gasteiger partial charge in [0.25, 0.3) is 5.91 Å². The number of benzene rings is 2. The van der Waals surface area contributed by atoms with Crippen molar-refractivity contribution in [3.63, 3.8) is 0 Å². The van der Waals surface area contributed by atoms with Crippen LogP contribution in [-0.4, -0.2) is 143 Å². The number of carboxylic acids is 1. The summed E-state index contributed by atoms with van der Waals surface area (Å²) in [6.45, 7) is 5.50. The molecule has 6 N–H and O–H groups in total. The molecule has 1 aliphatic heterocycles. The lowest BCUT2D eigenvalue weighted by atomic mass is 10.0. The SMILES string of the molecule is COc1cc(F)ccc1-c1ncnc(Nc2cccc(C[S@@](C)(=O)=NC(=O)[C@@H](NC(=O)[C@@H]3CCCN3C(=O)[C@H](CC(=O)O)NC(=O)CCOCCOCCOCCN)C(C)C)c2)n1. The average Bonchev–Trinajstić information content (AvgIpc) is 3.73. The van der Waals surface area contributed by atoms with Gasteiger partial charge < -0.3 is 50.6 Å². The Morgan fingerprint density at radius 1 is 1.00 bits per heavy atom. The van der Waals surface area contributed by atoms with Crippen LogP contribution >= 0.6 is 0 Å². The number of carbonyl (C=O) groups excluding carboxylic acids is 4. The molecule has 0 bridgehead atoms. The predicted molar refractivity (Wildman–Crippen MR) is 229 cm³/mol. The van der Waals surface area contributed by atoms with Gasteiger partial charge >= 0.3 is 5.97 Å². The number of rotatable bonds is 25. The number of ether oxygens (including phenoxy) is 4. The van der Waals surface area contributed by atoms with Crippen LogP contribution < -0.4 is 26.4 Å². The van der Waals surface area contributed by atoms with Crippen LogP contribution in [0.25, 0.3) is 11.4 Å². The maximum atomic E-state index is 13.8. The topological polar surface area (TPSA) is 276 Å². The van der Waals surface area contributed by atoms with Gasteiger partial charge in [-0.15, -0.1) is 0 Å². The standard InChI is InChI=1S/C41H56FN9O11S/c1-26(2)36(48-38(55)32-9-6-14-51(32)40(57)31(23-35(53)54)47-34(52)12-15-60-17-19-62-20-18-61-16-13-43)39(56)50-63(4,58)24-27-7-5-8-29(21-27)46-41-45-25-44-37(49-41)30-11-10-28(42)22-33(30)59-3/h5,7-8,10-11,21-22,25-26,31-32,36H,6,9,12-20,23-24,43H2,1-4H3,(H,47,52)(H,48,55)(H,53,54)(H,44,45,46,49)/t31-,32-,36-,63+/m0/s1. The van der Waals surface area contributed by atoms with E-state index in [1.54, 1.807) is 38.1 Å². The molecule has 1 saturated heterocycles. The predicted octanol–water partition coefficient (Wildman–Crippen LogP) is 2.04. The Kier molecular flexibility index (Phi) is 19.7. The molecule has 20 nitrogen and oxygen atoms in total. The van der Waals surface area contributed by atoms with Crippen molar-refractivity contribution < 1.29 is 56.6 Å². The quantitative estimate of drug-likeness (QED) is 0.0761. The van der Waals surface area contributed by atoms with Gasteiger partial charge in [0.15, 0.2) is 5.82 Å². The van der Waals surface area contributed by atoms with Gasteiger partial charge in [-0.25, -0.2) is 18.6 Å². The summed E-state index contributed by atoms with van der Waals surface area (Å²) < 4.78 is 52.8. The van der Waals surface area contributed by atoms with Crippen molar-refractivity contribution in [2.24, 2.45) is 16.0 Å². The lowest BCUT2D eigenvalue weighted by Gasteiger charge is -2.29. The Morgan fingerprint density at radius 3 is 2.40 bits per heavy atom. The van der Waals surface area contributed by atoms with Crippen LogP contribution in [0.2, 0.25) is 0 Å². The van der Waals surface area contributed by atoms with Gasteiger partial charge in [0, 0.05) is 37.5 Å². The molecule has 0 spiro atoms. The van der Waals surface area contributed by atoms with Crippen LogP contribution in [0.5, 0.6) is 5.75 Å². The summed E-state index contributed by atoms with van der Waals surface area (Å²) >= 11 is 0. The highest BCUT2D eigenvalue weighted by Gasteiger charge is 2.40. The van der Waals surface area contributed by atoms with E-state index in [-0.39, 0.29) is 62.5 Å². The fourth-order valence-corrected chi connectivity index (χ4v) is 7.85. The molecule has 4 amide bonds. The molecule has 1 aromatic heterocycles. The summed E-state index contributed by atoms with van der Waals surface area (Å²) in [5, 5.41) is 17.7. The number of amides is 4. The van der Waals surface area contributed by atoms with Crippen molar-refractivity contribution in [1.82, 2.24) is 30.5 Å². The molecule has 4 rings (SSSR count). The van der Waals surface area contributed by atoms with Crippen LogP contribution in [0, 0.1) is 11.7 Å². The molecule has 344 valence electrons. The van der Waals surface area contributed by atoms with Gasteiger partial charge in [0.2, 0.25) is 23.7 Å². The number of aromatic nitrogens is 3. The number of carboxylic acid groups (broad SMARTS) is 1. The Morgan fingerprint density at radius 2 is 1.71 bits per heavy atom. The van der Waals surface area contributed by atoms with Crippen molar-refractivity contribution in [3.05, 3.63) is 60.2 Å². The van der Waals surface area contributed by atoms with E-state index in [0.29, 0.717) is 49.6 Å². The molecular weight excluding hydrogens is 846 g/mol. The lowest BCUT2D eigenvalue weighted by Crippen LogP contribution is -2.56. The summed E-state index contributed by atoms with van der Waals surface area (Å²) in [4.78, 5) is 79.4. The van der Waals surface area contributed by atoms with E-state index in [4.69, 9.17) is 24.7 Å². The van der Waals surface area contributed by atoms with Crippen molar-refractivity contribution in [2.75, 3.05) is 71.4 Å². The van der Waals surface area contributed by atoms with Crippen LogP contribution in [-0.2, 0) is 53.7 Å². The zero-order chi connectivity index (χ0) is 45.9. The highest BCUT2D eigenvalue weighted by molar-refractivity contribution is 7.92. The second kappa shape index (κ2) is 24.8. The molecule has 0 aliphatic carbocycles. The van der Waals surface area contributed by atoms with Gasteiger partial charge in [-0.05, 0) is 48.6 Å². The Hall–Kier alpha value is -5.68. The molecule has 2 aromatic carbocycles.